The molecule has 198 valence electrons. The van der Waals surface area contributed by atoms with Crippen LogP contribution in [0.4, 0.5) is 22.0 Å². The van der Waals surface area contributed by atoms with Gasteiger partial charge in [-0.1, -0.05) is 18.2 Å². The molecule has 0 fully saturated rings. The maximum Gasteiger partial charge on any atom is 0.319 e. The van der Waals surface area contributed by atoms with Crippen molar-refractivity contribution in [1.29, 1.82) is 0 Å². The molecule has 0 aliphatic heterocycles. The minimum atomic E-state index is -0.239. The summed E-state index contributed by atoms with van der Waals surface area (Å²) in [5, 5.41) is 17.8. The maximum atomic E-state index is 12.0. The van der Waals surface area contributed by atoms with Crippen LogP contribution in [0.2, 0.25) is 0 Å². The Kier molecular flexibility index (Phi) is 6.59. The summed E-state index contributed by atoms with van der Waals surface area (Å²) >= 11 is 0. The van der Waals surface area contributed by atoms with Gasteiger partial charge >= 0.3 is 6.03 Å². The van der Waals surface area contributed by atoms with Crippen LogP contribution in [0.25, 0.3) is 27.7 Å². The van der Waals surface area contributed by atoms with Gasteiger partial charge in [0.2, 0.25) is 5.88 Å². The Hall–Kier alpha value is -5.58. The number of nitrogens with one attached hydrogen (secondary N) is 3. The predicted molar refractivity (Wildman–Crippen MR) is 153 cm³/mol. The number of fused-ring (bicyclic) bond motifs is 2. The topological polar surface area (TPSA) is 131 Å². The van der Waals surface area contributed by atoms with E-state index in [-0.39, 0.29) is 6.03 Å². The van der Waals surface area contributed by atoms with Crippen molar-refractivity contribution in [3.8, 4) is 22.8 Å². The van der Waals surface area contributed by atoms with Gasteiger partial charge in [-0.15, -0.1) is 10.2 Å². The van der Waals surface area contributed by atoms with Crippen molar-refractivity contribution >= 4 is 39.8 Å². The van der Waals surface area contributed by atoms with Crippen LogP contribution in [0.1, 0.15) is 12.5 Å². The summed E-state index contributed by atoms with van der Waals surface area (Å²) < 4.78 is 7.71. The molecule has 3 aromatic carbocycles. The van der Waals surface area contributed by atoms with E-state index in [4.69, 9.17) is 4.74 Å². The SMILES string of the molecule is CCNC(=O)Nc1cccc(-c2ccc3ncnc(Nc4ccc(Oc5cc6nncn6cn5)c(C)c4)c3c2)c1. The first-order valence-electron chi connectivity index (χ1n) is 12.7. The third kappa shape index (κ3) is 5.20. The number of benzene rings is 3. The molecule has 3 aromatic heterocycles. The first kappa shape index (κ1) is 24.7. The van der Waals surface area contributed by atoms with Crippen molar-refractivity contribution in [2.75, 3.05) is 17.2 Å². The van der Waals surface area contributed by atoms with E-state index < -0.39 is 0 Å². The Balaban J connectivity index is 1.25. The van der Waals surface area contributed by atoms with E-state index in [9.17, 15) is 4.79 Å². The van der Waals surface area contributed by atoms with Gasteiger partial charge in [-0.05, 0) is 73.0 Å². The largest absolute Gasteiger partial charge is 0.439 e. The number of rotatable bonds is 7. The third-order valence-corrected chi connectivity index (χ3v) is 6.24. The number of hydrogen-bond acceptors (Lipinski definition) is 8. The Morgan fingerprint density at radius 1 is 0.925 bits per heavy atom. The molecule has 40 heavy (non-hydrogen) atoms. The summed E-state index contributed by atoms with van der Waals surface area (Å²) in [5.41, 5.74) is 5.88. The van der Waals surface area contributed by atoms with Crippen LogP contribution in [0.15, 0.2) is 85.7 Å². The molecule has 6 rings (SSSR count). The number of aromatic nitrogens is 6. The second-order valence-corrected chi connectivity index (χ2v) is 9.05. The smallest absolute Gasteiger partial charge is 0.319 e. The molecule has 0 radical (unpaired) electrons. The first-order chi connectivity index (χ1) is 19.6. The molecule has 11 nitrogen and oxygen atoms in total. The van der Waals surface area contributed by atoms with E-state index in [0.717, 1.165) is 33.3 Å². The zero-order valence-electron chi connectivity index (χ0n) is 21.8. The molecule has 6 aromatic rings. The van der Waals surface area contributed by atoms with E-state index in [1.54, 1.807) is 23.1 Å². The van der Waals surface area contributed by atoms with Crippen LogP contribution in [-0.2, 0) is 0 Å². The minimum Gasteiger partial charge on any atom is -0.439 e. The molecule has 2 amide bonds. The fourth-order valence-corrected chi connectivity index (χ4v) is 4.31. The lowest BCUT2D eigenvalue weighted by atomic mass is 10.0. The summed E-state index contributed by atoms with van der Waals surface area (Å²) in [6.07, 6.45) is 4.73. The average molecular weight is 532 g/mol. The van der Waals surface area contributed by atoms with Crippen molar-refractivity contribution in [1.82, 2.24) is 34.9 Å². The Morgan fingerprint density at radius 2 is 1.82 bits per heavy atom. The minimum absolute atomic E-state index is 0.239. The maximum absolute atomic E-state index is 12.0. The molecule has 0 aliphatic carbocycles. The monoisotopic (exact) mass is 531 g/mol. The summed E-state index contributed by atoms with van der Waals surface area (Å²) in [6.45, 7) is 4.40. The number of carbonyl (C=O) groups excluding carboxylic acids is 1. The molecule has 11 heteroatoms. The van der Waals surface area contributed by atoms with Gasteiger partial charge in [-0.25, -0.2) is 19.7 Å². The summed E-state index contributed by atoms with van der Waals surface area (Å²) in [6, 6.07) is 21.0. The van der Waals surface area contributed by atoms with E-state index in [1.165, 1.54) is 6.33 Å². The number of aryl methyl sites for hydroxylation is 1. The molecule has 0 aliphatic rings. The Labute approximate surface area is 229 Å². The normalized spacial score (nSPS) is 10.9. The van der Waals surface area contributed by atoms with Gasteiger partial charge in [0.05, 0.1) is 5.52 Å². The van der Waals surface area contributed by atoms with Crippen molar-refractivity contribution in [2.45, 2.75) is 13.8 Å². The van der Waals surface area contributed by atoms with Crippen LogP contribution in [-0.4, -0.2) is 42.1 Å². The third-order valence-electron chi connectivity index (χ3n) is 6.24. The second-order valence-electron chi connectivity index (χ2n) is 9.05. The zero-order valence-corrected chi connectivity index (χ0v) is 21.8. The molecule has 0 bridgehead atoms. The van der Waals surface area contributed by atoms with Crippen molar-refractivity contribution in [3.05, 3.63) is 91.3 Å². The van der Waals surface area contributed by atoms with Crippen LogP contribution in [0, 0.1) is 6.92 Å². The molecule has 0 spiro atoms. The molecule has 3 N–H and O–H groups in total. The highest BCUT2D eigenvalue weighted by molar-refractivity contribution is 5.95. The highest BCUT2D eigenvalue weighted by Crippen LogP contribution is 2.32. The summed E-state index contributed by atoms with van der Waals surface area (Å²) in [5.74, 6) is 1.79. The quantitative estimate of drug-likeness (QED) is 0.238. The Bertz CT molecular complexity index is 1850. The molecular formula is C29H25N9O2. The van der Waals surface area contributed by atoms with Crippen molar-refractivity contribution in [3.63, 3.8) is 0 Å². The van der Waals surface area contributed by atoms with E-state index in [2.05, 4.69) is 41.1 Å². The van der Waals surface area contributed by atoms with Gasteiger partial charge in [0.1, 0.15) is 30.5 Å². The van der Waals surface area contributed by atoms with E-state index in [0.29, 0.717) is 35.3 Å². The molecule has 0 saturated carbocycles. The number of carbonyl (C=O) groups is 1. The lowest BCUT2D eigenvalue weighted by Gasteiger charge is -2.13. The number of urea groups is 1. The molecule has 0 saturated heterocycles. The summed E-state index contributed by atoms with van der Waals surface area (Å²) in [7, 11) is 0. The van der Waals surface area contributed by atoms with Crippen LogP contribution in [0.5, 0.6) is 11.6 Å². The summed E-state index contributed by atoms with van der Waals surface area (Å²) in [4.78, 5) is 25.2. The predicted octanol–water partition coefficient (Wildman–Crippen LogP) is 5.72. The molecule has 0 atom stereocenters. The molecule has 3 heterocycles. The van der Waals surface area contributed by atoms with Crippen molar-refractivity contribution in [2.24, 2.45) is 0 Å². The Morgan fingerprint density at radius 3 is 2.70 bits per heavy atom. The number of hydrogen-bond donors (Lipinski definition) is 3. The second kappa shape index (κ2) is 10.7. The highest BCUT2D eigenvalue weighted by Gasteiger charge is 2.10. The van der Waals surface area contributed by atoms with E-state index in [1.807, 2.05) is 74.5 Å². The fourth-order valence-electron chi connectivity index (χ4n) is 4.31. The lowest BCUT2D eigenvalue weighted by molar-refractivity contribution is 0.252. The van der Waals surface area contributed by atoms with Gasteiger partial charge in [0.15, 0.2) is 5.65 Å². The molecule has 0 unspecified atom stereocenters. The lowest BCUT2D eigenvalue weighted by Crippen LogP contribution is -2.28. The molecular weight excluding hydrogens is 506 g/mol. The standard InChI is InChI=1S/C29H25N9O2/c1-3-30-29(39)36-21-6-4-5-19(12-21)20-7-9-24-23(13-20)28(32-15-31-24)35-22-8-10-25(18(2)11-22)40-27-14-26-37-34-17-38(26)16-33-27/h4-17H,3H2,1-2H3,(H2,30,36,39)(H,31,32,35). The van der Waals surface area contributed by atoms with Gasteiger partial charge in [-0.2, -0.15) is 0 Å². The zero-order chi connectivity index (χ0) is 27.5. The number of nitrogens with zero attached hydrogens (tertiary/aromatic N) is 6. The number of anilines is 3. The first-order valence-corrected chi connectivity index (χ1v) is 12.7. The van der Waals surface area contributed by atoms with Gasteiger partial charge in [0, 0.05) is 29.4 Å². The van der Waals surface area contributed by atoms with Crippen LogP contribution in [0.3, 0.4) is 0 Å². The van der Waals surface area contributed by atoms with E-state index >= 15 is 0 Å². The fraction of sp³-hybridized carbons (Fsp3) is 0.103. The van der Waals surface area contributed by atoms with Crippen LogP contribution >= 0.6 is 0 Å². The van der Waals surface area contributed by atoms with Gasteiger partial charge < -0.3 is 20.7 Å². The average Bonchev–Trinajstić information content (AvgIpc) is 3.43. The number of ether oxygens (including phenoxy) is 1. The van der Waals surface area contributed by atoms with Crippen molar-refractivity contribution < 1.29 is 9.53 Å². The van der Waals surface area contributed by atoms with Gasteiger partial charge in [0.25, 0.3) is 0 Å². The number of amides is 2. The van der Waals surface area contributed by atoms with Gasteiger partial charge in [-0.3, -0.25) is 4.40 Å². The highest BCUT2D eigenvalue weighted by atomic mass is 16.5. The van der Waals surface area contributed by atoms with Crippen LogP contribution < -0.4 is 20.7 Å².